The Labute approximate surface area is 63.7 Å². The summed E-state index contributed by atoms with van der Waals surface area (Å²) in [4.78, 5) is 0. The van der Waals surface area contributed by atoms with E-state index in [1.165, 1.54) is 0 Å². The molecule has 1 aliphatic heterocycles. The maximum Gasteiger partial charge on any atom is 0.251 e. The summed E-state index contributed by atoms with van der Waals surface area (Å²) in [6, 6.07) is 0. The zero-order valence-electron chi connectivity index (χ0n) is 6.67. The summed E-state index contributed by atoms with van der Waals surface area (Å²) in [6.07, 6.45) is 0. The lowest BCUT2D eigenvalue weighted by Gasteiger charge is -2.29. The van der Waals surface area contributed by atoms with Gasteiger partial charge < -0.3 is 13.7 Å². The summed E-state index contributed by atoms with van der Waals surface area (Å²) in [5.41, 5.74) is 0. The van der Waals surface area contributed by atoms with Crippen LogP contribution in [-0.4, -0.2) is 47.2 Å². The van der Waals surface area contributed by atoms with E-state index >= 15 is 0 Å². The molecule has 1 heterocycles. The predicted octanol–water partition coefficient (Wildman–Crippen LogP) is -0.185. The van der Waals surface area contributed by atoms with Crippen LogP contribution in [0, 0.1) is 0 Å². The molecule has 0 radical (unpaired) electrons. The SMILES string of the molecule is CO[SiH](C)N1CCOCC1. The van der Waals surface area contributed by atoms with Gasteiger partial charge in [-0.2, -0.15) is 0 Å². The van der Waals surface area contributed by atoms with Crippen LogP contribution in [0.4, 0.5) is 0 Å². The van der Waals surface area contributed by atoms with Gasteiger partial charge in [0.1, 0.15) is 0 Å². The number of hydrogen-bond acceptors (Lipinski definition) is 3. The van der Waals surface area contributed by atoms with Crippen molar-refractivity contribution >= 4 is 9.20 Å². The first kappa shape index (κ1) is 8.20. The van der Waals surface area contributed by atoms with Crippen LogP contribution in [-0.2, 0) is 9.16 Å². The standard InChI is InChI=1S/C6H15NO2Si/c1-8-10(2)7-3-5-9-6-4-7/h10H,3-6H2,1-2H3. The Bertz CT molecular complexity index is 95.7. The van der Waals surface area contributed by atoms with Gasteiger partial charge in [0.2, 0.25) is 0 Å². The van der Waals surface area contributed by atoms with Crippen molar-refractivity contribution in [3.63, 3.8) is 0 Å². The van der Waals surface area contributed by atoms with Crippen LogP contribution in [0.5, 0.6) is 0 Å². The monoisotopic (exact) mass is 161 g/mol. The Morgan fingerprint density at radius 3 is 2.50 bits per heavy atom. The van der Waals surface area contributed by atoms with Crippen LogP contribution in [0.1, 0.15) is 0 Å². The molecule has 1 fully saturated rings. The van der Waals surface area contributed by atoms with Gasteiger partial charge >= 0.3 is 0 Å². The molecule has 10 heavy (non-hydrogen) atoms. The maximum absolute atomic E-state index is 5.30. The van der Waals surface area contributed by atoms with Crippen molar-refractivity contribution in [2.75, 3.05) is 33.4 Å². The van der Waals surface area contributed by atoms with Crippen molar-refractivity contribution < 1.29 is 9.16 Å². The maximum atomic E-state index is 5.30. The second-order valence-electron chi connectivity index (χ2n) is 2.48. The van der Waals surface area contributed by atoms with Crippen molar-refractivity contribution in [2.45, 2.75) is 6.55 Å². The van der Waals surface area contributed by atoms with E-state index in [4.69, 9.17) is 9.16 Å². The molecule has 0 aliphatic carbocycles. The van der Waals surface area contributed by atoms with Gasteiger partial charge in [-0.1, -0.05) is 0 Å². The molecule has 0 bridgehead atoms. The van der Waals surface area contributed by atoms with Crippen molar-refractivity contribution in [1.82, 2.24) is 4.57 Å². The molecule has 0 saturated carbocycles. The van der Waals surface area contributed by atoms with E-state index in [2.05, 4.69) is 11.1 Å². The van der Waals surface area contributed by atoms with Gasteiger partial charge in [0.15, 0.2) is 0 Å². The minimum Gasteiger partial charge on any atom is -0.409 e. The normalized spacial score (nSPS) is 24.6. The highest BCUT2D eigenvalue weighted by Crippen LogP contribution is 1.99. The van der Waals surface area contributed by atoms with Gasteiger partial charge in [-0.25, -0.2) is 0 Å². The third-order valence-electron chi connectivity index (χ3n) is 1.90. The number of hydrogen-bond donors (Lipinski definition) is 0. The first-order valence-electron chi connectivity index (χ1n) is 3.69. The summed E-state index contributed by atoms with van der Waals surface area (Å²) in [5, 5.41) is 0. The van der Waals surface area contributed by atoms with E-state index in [1.54, 1.807) is 7.11 Å². The Balaban J connectivity index is 2.24. The van der Waals surface area contributed by atoms with Crippen LogP contribution in [0.3, 0.4) is 0 Å². The van der Waals surface area contributed by atoms with Gasteiger partial charge in [-0.3, -0.25) is 0 Å². The third-order valence-corrected chi connectivity index (χ3v) is 4.13. The van der Waals surface area contributed by atoms with Gasteiger partial charge in [-0.15, -0.1) is 0 Å². The molecule has 0 amide bonds. The van der Waals surface area contributed by atoms with Gasteiger partial charge in [0, 0.05) is 20.2 Å². The Kier molecular flexibility index (Phi) is 3.34. The van der Waals surface area contributed by atoms with Crippen LogP contribution < -0.4 is 0 Å². The lowest BCUT2D eigenvalue weighted by atomic mass is 10.5. The molecule has 1 unspecified atom stereocenters. The topological polar surface area (TPSA) is 21.7 Å². The zero-order valence-corrected chi connectivity index (χ0v) is 7.82. The molecule has 0 aromatic carbocycles. The smallest absolute Gasteiger partial charge is 0.251 e. The number of ether oxygens (including phenoxy) is 1. The predicted molar refractivity (Wildman–Crippen MR) is 42.4 cm³/mol. The molecular formula is C6H15NO2Si. The molecule has 0 aromatic rings. The highest BCUT2D eigenvalue weighted by atomic mass is 28.3. The van der Waals surface area contributed by atoms with Crippen LogP contribution in [0.15, 0.2) is 0 Å². The van der Waals surface area contributed by atoms with Gasteiger partial charge in [-0.05, 0) is 6.55 Å². The van der Waals surface area contributed by atoms with E-state index in [-0.39, 0.29) is 0 Å². The second-order valence-corrected chi connectivity index (χ2v) is 4.88. The van der Waals surface area contributed by atoms with Crippen LogP contribution in [0.25, 0.3) is 0 Å². The lowest BCUT2D eigenvalue weighted by molar-refractivity contribution is 0.0641. The summed E-state index contributed by atoms with van der Waals surface area (Å²) in [5.74, 6) is 0. The van der Waals surface area contributed by atoms with Crippen molar-refractivity contribution in [2.24, 2.45) is 0 Å². The largest absolute Gasteiger partial charge is 0.409 e. The molecule has 1 saturated heterocycles. The van der Waals surface area contributed by atoms with E-state index in [0.717, 1.165) is 26.3 Å². The third kappa shape index (κ3) is 2.05. The molecule has 0 spiro atoms. The van der Waals surface area contributed by atoms with Crippen molar-refractivity contribution in [3.8, 4) is 0 Å². The molecule has 3 nitrogen and oxygen atoms in total. The van der Waals surface area contributed by atoms with E-state index in [1.807, 2.05) is 0 Å². The van der Waals surface area contributed by atoms with Crippen molar-refractivity contribution in [1.29, 1.82) is 0 Å². The number of morpholine rings is 1. The van der Waals surface area contributed by atoms with Gasteiger partial charge in [0.25, 0.3) is 9.20 Å². The molecule has 0 aromatic heterocycles. The second kappa shape index (κ2) is 4.08. The highest BCUT2D eigenvalue weighted by Gasteiger charge is 2.17. The fraction of sp³-hybridized carbons (Fsp3) is 1.00. The van der Waals surface area contributed by atoms with E-state index in [9.17, 15) is 0 Å². The summed E-state index contributed by atoms with van der Waals surface area (Å²) in [7, 11) is 0.789. The first-order chi connectivity index (χ1) is 4.84. The van der Waals surface area contributed by atoms with E-state index in [0.29, 0.717) is 0 Å². The number of rotatable bonds is 2. The molecule has 1 atom stereocenters. The summed E-state index contributed by atoms with van der Waals surface area (Å²) < 4.78 is 12.9. The molecule has 1 rings (SSSR count). The van der Waals surface area contributed by atoms with Gasteiger partial charge in [0.05, 0.1) is 13.2 Å². The first-order valence-corrected chi connectivity index (χ1v) is 5.83. The van der Waals surface area contributed by atoms with E-state index < -0.39 is 9.20 Å². The average Bonchev–Trinajstić information content (AvgIpc) is 2.05. The minimum absolute atomic E-state index is 0.876. The quantitative estimate of drug-likeness (QED) is 0.524. The zero-order chi connectivity index (χ0) is 7.40. The Hall–Kier alpha value is 0.0969. The van der Waals surface area contributed by atoms with Crippen LogP contribution >= 0.6 is 0 Å². The Morgan fingerprint density at radius 2 is 2.00 bits per heavy atom. The highest BCUT2D eigenvalue weighted by molar-refractivity contribution is 6.46. The van der Waals surface area contributed by atoms with Crippen LogP contribution in [0.2, 0.25) is 6.55 Å². The molecule has 60 valence electrons. The minimum atomic E-state index is -1.01. The average molecular weight is 161 g/mol. The molecule has 1 aliphatic rings. The molecule has 0 N–H and O–H groups in total. The fourth-order valence-corrected chi connectivity index (χ4v) is 2.33. The molecular weight excluding hydrogens is 146 g/mol. The Morgan fingerprint density at radius 1 is 1.40 bits per heavy atom. The molecule has 4 heteroatoms. The summed E-state index contributed by atoms with van der Waals surface area (Å²) >= 11 is 0. The van der Waals surface area contributed by atoms with Crippen molar-refractivity contribution in [3.05, 3.63) is 0 Å². The fourth-order valence-electron chi connectivity index (χ4n) is 1.09. The lowest BCUT2D eigenvalue weighted by Crippen LogP contribution is -2.45. The number of nitrogens with zero attached hydrogens (tertiary/aromatic N) is 1. The summed E-state index contributed by atoms with van der Waals surface area (Å²) in [6.45, 7) is 6.06.